The van der Waals surface area contributed by atoms with Crippen molar-refractivity contribution in [2.75, 3.05) is 33.8 Å². The van der Waals surface area contributed by atoms with E-state index in [0.717, 1.165) is 43.3 Å². The van der Waals surface area contributed by atoms with Crippen LogP contribution in [0.5, 0.6) is 5.75 Å². The first-order chi connectivity index (χ1) is 14.5. The summed E-state index contributed by atoms with van der Waals surface area (Å²) < 4.78 is 5.16. The van der Waals surface area contributed by atoms with Gasteiger partial charge in [0.25, 0.3) is 0 Å². The molecule has 0 bridgehead atoms. The average molecular weight is 540 g/mol. The fourth-order valence-corrected chi connectivity index (χ4v) is 3.10. The molecule has 2 unspecified atom stereocenters. The number of halogens is 1. The summed E-state index contributed by atoms with van der Waals surface area (Å²) in [4.78, 5) is 6.90. The van der Waals surface area contributed by atoms with Gasteiger partial charge in [-0.1, -0.05) is 42.5 Å². The van der Waals surface area contributed by atoms with Gasteiger partial charge >= 0.3 is 0 Å². The van der Waals surface area contributed by atoms with Gasteiger partial charge in [-0.25, -0.2) is 0 Å². The standard InChI is InChI=1S/C24H36N4O2.HI/c1-5-25-24(27-17-23(29)21-11-13-22(30-4)14-12-21)26-16-15-19(2)28(3)18-20-9-7-6-8-10-20;/h6-14,19,23,29H,5,15-18H2,1-4H3,(H2,25,26,27);1H. The lowest BCUT2D eigenvalue weighted by molar-refractivity contribution is 0.187. The second-order valence-electron chi connectivity index (χ2n) is 7.47. The lowest BCUT2D eigenvalue weighted by Crippen LogP contribution is -2.40. The molecule has 0 saturated heterocycles. The van der Waals surface area contributed by atoms with Crippen LogP contribution in [0.1, 0.15) is 37.5 Å². The van der Waals surface area contributed by atoms with Crippen LogP contribution in [-0.4, -0.2) is 55.8 Å². The summed E-state index contributed by atoms with van der Waals surface area (Å²) in [5.41, 5.74) is 2.15. The molecule has 2 atom stereocenters. The fourth-order valence-electron chi connectivity index (χ4n) is 3.10. The molecule has 2 aromatic rings. The third-order valence-corrected chi connectivity index (χ3v) is 5.15. The zero-order valence-electron chi connectivity index (χ0n) is 19.0. The number of aliphatic hydroxyl groups is 1. The molecule has 172 valence electrons. The number of rotatable bonds is 11. The number of nitrogens with one attached hydrogen (secondary N) is 2. The number of hydrogen-bond donors (Lipinski definition) is 3. The normalized spacial score (nSPS) is 13.3. The lowest BCUT2D eigenvalue weighted by atomic mass is 10.1. The monoisotopic (exact) mass is 540 g/mol. The molecule has 2 rings (SSSR count). The molecule has 0 aliphatic heterocycles. The quantitative estimate of drug-likeness (QED) is 0.230. The Morgan fingerprint density at radius 2 is 1.77 bits per heavy atom. The summed E-state index contributed by atoms with van der Waals surface area (Å²) in [6.45, 7) is 7.09. The summed E-state index contributed by atoms with van der Waals surface area (Å²) in [7, 11) is 3.78. The van der Waals surface area contributed by atoms with Crippen molar-refractivity contribution in [2.24, 2.45) is 4.99 Å². The molecular formula is C24H37IN4O2. The van der Waals surface area contributed by atoms with E-state index in [-0.39, 0.29) is 24.0 Å². The molecule has 0 spiro atoms. The summed E-state index contributed by atoms with van der Waals surface area (Å²) >= 11 is 0. The van der Waals surface area contributed by atoms with Crippen LogP contribution in [0.15, 0.2) is 59.6 Å². The van der Waals surface area contributed by atoms with Crippen LogP contribution < -0.4 is 15.4 Å². The van der Waals surface area contributed by atoms with Crippen LogP contribution >= 0.6 is 24.0 Å². The molecule has 3 N–H and O–H groups in total. The van der Waals surface area contributed by atoms with E-state index in [9.17, 15) is 5.11 Å². The Morgan fingerprint density at radius 3 is 2.39 bits per heavy atom. The van der Waals surface area contributed by atoms with E-state index in [4.69, 9.17) is 4.74 Å². The number of methoxy groups -OCH3 is 1. The zero-order chi connectivity index (χ0) is 21.8. The highest BCUT2D eigenvalue weighted by Crippen LogP contribution is 2.17. The van der Waals surface area contributed by atoms with Crippen LogP contribution in [0.4, 0.5) is 0 Å². The molecule has 31 heavy (non-hydrogen) atoms. The second-order valence-corrected chi connectivity index (χ2v) is 7.47. The number of guanidine groups is 1. The molecule has 2 aromatic carbocycles. The first-order valence-corrected chi connectivity index (χ1v) is 10.6. The van der Waals surface area contributed by atoms with E-state index in [1.165, 1.54) is 5.56 Å². The van der Waals surface area contributed by atoms with E-state index >= 15 is 0 Å². The summed E-state index contributed by atoms with van der Waals surface area (Å²) in [6.07, 6.45) is 0.344. The Kier molecular flexibility index (Phi) is 13.2. The lowest BCUT2D eigenvalue weighted by Gasteiger charge is -2.25. The molecular weight excluding hydrogens is 503 g/mol. The molecule has 0 aliphatic carbocycles. The van der Waals surface area contributed by atoms with Crippen molar-refractivity contribution in [1.82, 2.24) is 15.5 Å². The van der Waals surface area contributed by atoms with Gasteiger partial charge in [0.05, 0.1) is 19.8 Å². The largest absolute Gasteiger partial charge is 0.497 e. The molecule has 0 aliphatic rings. The highest BCUT2D eigenvalue weighted by molar-refractivity contribution is 14.0. The van der Waals surface area contributed by atoms with Crippen LogP contribution in [0, 0.1) is 0 Å². The SMILES string of the molecule is CCNC(=NCC(O)c1ccc(OC)cc1)NCCC(C)N(C)Cc1ccccc1.I. The van der Waals surface area contributed by atoms with Gasteiger partial charge in [-0.05, 0) is 50.6 Å². The molecule has 7 heteroatoms. The minimum atomic E-state index is -0.651. The van der Waals surface area contributed by atoms with Crippen LogP contribution in [0.2, 0.25) is 0 Å². The first kappa shape index (κ1) is 27.2. The van der Waals surface area contributed by atoms with Crippen molar-refractivity contribution >= 4 is 29.9 Å². The van der Waals surface area contributed by atoms with E-state index in [1.807, 2.05) is 37.3 Å². The number of ether oxygens (including phenoxy) is 1. The predicted octanol–water partition coefficient (Wildman–Crippen LogP) is 3.81. The van der Waals surface area contributed by atoms with Gasteiger partial charge in [-0.3, -0.25) is 9.89 Å². The van der Waals surface area contributed by atoms with E-state index < -0.39 is 6.10 Å². The van der Waals surface area contributed by atoms with Crippen LogP contribution in [-0.2, 0) is 6.54 Å². The second kappa shape index (κ2) is 15.0. The smallest absolute Gasteiger partial charge is 0.191 e. The molecule has 0 fully saturated rings. The summed E-state index contributed by atoms with van der Waals surface area (Å²) in [5.74, 6) is 1.50. The molecule has 0 heterocycles. The maximum absolute atomic E-state index is 10.4. The topological polar surface area (TPSA) is 69.1 Å². The average Bonchev–Trinajstić information content (AvgIpc) is 2.77. The van der Waals surface area contributed by atoms with Gasteiger partial charge in [-0.2, -0.15) is 0 Å². The van der Waals surface area contributed by atoms with Gasteiger partial charge in [-0.15, -0.1) is 24.0 Å². The Labute approximate surface area is 204 Å². The molecule has 0 aromatic heterocycles. The van der Waals surface area contributed by atoms with Crippen molar-refractivity contribution in [1.29, 1.82) is 0 Å². The van der Waals surface area contributed by atoms with Crippen molar-refractivity contribution < 1.29 is 9.84 Å². The number of nitrogens with zero attached hydrogens (tertiary/aromatic N) is 2. The fraction of sp³-hybridized carbons (Fsp3) is 0.458. The van der Waals surface area contributed by atoms with Gasteiger partial charge in [0, 0.05) is 25.7 Å². The number of aliphatic hydroxyl groups excluding tert-OH is 1. The van der Waals surface area contributed by atoms with Gasteiger partial charge < -0.3 is 20.5 Å². The molecule has 0 amide bonds. The summed E-state index contributed by atoms with van der Waals surface area (Å²) in [5, 5.41) is 17.0. The molecule has 0 radical (unpaired) electrons. The minimum Gasteiger partial charge on any atom is -0.497 e. The zero-order valence-corrected chi connectivity index (χ0v) is 21.4. The van der Waals surface area contributed by atoms with Crippen LogP contribution in [0.25, 0.3) is 0 Å². The maximum Gasteiger partial charge on any atom is 0.191 e. The number of hydrogen-bond acceptors (Lipinski definition) is 4. The highest BCUT2D eigenvalue weighted by atomic mass is 127. The van der Waals surface area contributed by atoms with Gasteiger partial charge in [0.1, 0.15) is 5.75 Å². The van der Waals surface area contributed by atoms with Crippen molar-refractivity contribution in [2.45, 2.75) is 39.0 Å². The van der Waals surface area contributed by atoms with E-state index in [0.29, 0.717) is 12.6 Å². The third kappa shape index (κ3) is 9.88. The van der Waals surface area contributed by atoms with Gasteiger partial charge in [0.2, 0.25) is 0 Å². The van der Waals surface area contributed by atoms with E-state index in [1.54, 1.807) is 7.11 Å². The molecule has 6 nitrogen and oxygen atoms in total. The minimum absolute atomic E-state index is 0. The number of benzene rings is 2. The van der Waals surface area contributed by atoms with Gasteiger partial charge in [0.15, 0.2) is 5.96 Å². The predicted molar refractivity (Wildman–Crippen MR) is 139 cm³/mol. The summed E-state index contributed by atoms with van der Waals surface area (Å²) in [6, 6.07) is 18.4. The Bertz CT molecular complexity index is 756. The Morgan fingerprint density at radius 1 is 1.10 bits per heavy atom. The van der Waals surface area contributed by atoms with Crippen molar-refractivity contribution in [3.05, 3.63) is 65.7 Å². The number of aliphatic imine (C=N–C) groups is 1. The van der Waals surface area contributed by atoms with Crippen LogP contribution in [0.3, 0.4) is 0 Å². The first-order valence-electron chi connectivity index (χ1n) is 10.6. The third-order valence-electron chi connectivity index (χ3n) is 5.15. The maximum atomic E-state index is 10.4. The Hall–Kier alpha value is -1.84. The highest BCUT2D eigenvalue weighted by Gasteiger charge is 2.11. The Balaban J connectivity index is 0.00000480. The van der Waals surface area contributed by atoms with E-state index in [2.05, 4.69) is 58.8 Å². The van der Waals surface area contributed by atoms with Crippen molar-refractivity contribution in [3.8, 4) is 5.75 Å². The van der Waals surface area contributed by atoms with Crippen molar-refractivity contribution in [3.63, 3.8) is 0 Å². The molecule has 0 saturated carbocycles.